The molecule has 1 atom stereocenters. The normalized spacial score (nSPS) is 26.9. The zero-order chi connectivity index (χ0) is 18.0. The van der Waals surface area contributed by atoms with Crippen molar-refractivity contribution in [3.63, 3.8) is 0 Å². The van der Waals surface area contributed by atoms with Crippen LogP contribution in [0.25, 0.3) is 0 Å². The van der Waals surface area contributed by atoms with Gasteiger partial charge in [-0.2, -0.15) is 0 Å². The summed E-state index contributed by atoms with van der Waals surface area (Å²) >= 11 is 0. The van der Waals surface area contributed by atoms with Crippen LogP contribution in [-0.4, -0.2) is 29.9 Å². The first-order chi connectivity index (χ1) is 12.7. The minimum absolute atomic E-state index is 0.0870. The van der Waals surface area contributed by atoms with Crippen LogP contribution in [0.5, 0.6) is 0 Å². The molecule has 3 nitrogen and oxygen atoms in total. The number of nitrogens with zero attached hydrogens (tertiary/aromatic N) is 1. The van der Waals surface area contributed by atoms with Crippen molar-refractivity contribution < 1.29 is 4.79 Å². The van der Waals surface area contributed by atoms with Crippen LogP contribution >= 0.6 is 0 Å². The van der Waals surface area contributed by atoms with Crippen LogP contribution in [0.15, 0.2) is 24.3 Å². The number of carbonyl (C=O) groups is 1. The summed E-state index contributed by atoms with van der Waals surface area (Å²) in [6.45, 7) is 4.14. The standard InChI is InChI=1S/C23H34N2O/c1-18(26)24-22-12-13-23(21-11-7-6-10-20(21)22)14-16-25(17-15-23)19-8-4-2-3-5-9-19/h6-7,10-11,19,22H,2-5,8-9,12-17H2,1H3,(H,24,26)/t22-/m0/s1. The molecule has 3 aliphatic rings. The highest BCUT2D eigenvalue weighted by molar-refractivity contribution is 5.73. The van der Waals surface area contributed by atoms with E-state index < -0.39 is 0 Å². The summed E-state index contributed by atoms with van der Waals surface area (Å²) in [5.41, 5.74) is 3.23. The predicted molar refractivity (Wildman–Crippen MR) is 106 cm³/mol. The first-order valence-electron chi connectivity index (χ1n) is 10.8. The van der Waals surface area contributed by atoms with Crippen molar-refractivity contribution >= 4 is 5.91 Å². The van der Waals surface area contributed by atoms with Gasteiger partial charge in [-0.05, 0) is 68.2 Å². The second kappa shape index (κ2) is 7.72. The summed E-state index contributed by atoms with van der Waals surface area (Å²) in [6, 6.07) is 9.94. The van der Waals surface area contributed by atoms with Crippen molar-refractivity contribution in [3.8, 4) is 0 Å². The topological polar surface area (TPSA) is 32.3 Å². The van der Waals surface area contributed by atoms with E-state index in [0.29, 0.717) is 5.41 Å². The lowest BCUT2D eigenvalue weighted by molar-refractivity contribution is -0.119. The number of hydrogen-bond donors (Lipinski definition) is 1. The zero-order valence-electron chi connectivity index (χ0n) is 16.3. The number of rotatable bonds is 2. The molecule has 1 aliphatic heterocycles. The third-order valence-corrected chi connectivity index (χ3v) is 7.29. The van der Waals surface area contributed by atoms with Crippen molar-refractivity contribution in [2.24, 2.45) is 0 Å². The summed E-state index contributed by atoms with van der Waals surface area (Å²) in [4.78, 5) is 14.4. The number of carbonyl (C=O) groups excluding carboxylic acids is 1. The molecule has 1 saturated heterocycles. The minimum atomic E-state index is 0.0870. The second-order valence-corrected chi connectivity index (χ2v) is 8.84. The van der Waals surface area contributed by atoms with E-state index in [0.717, 1.165) is 12.5 Å². The van der Waals surface area contributed by atoms with Gasteiger partial charge in [0.2, 0.25) is 5.91 Å². The summed E-state index contributed by atoms with van der Waals surface area (Å²) in [7, 11) is 0. The van der Waals surface area contributed by atoms with Crippen LogP contribution in [0.4, 0.5) is 0 Å². The molecule has 2 fully saturated rings. The largest absolute Gasteiger partial charge is 0.350 e. The number of piperidine rings is 1. The molecule has 1 heterocycles. The summed E-state index contributed by atoms with van der Waals surface area (Å²) in [6.07, 6.45) is 13.4. The third-order valence-electron chi connectivity index (χ3n) is 7.29. The molecule has 1 aromatic carbocycles. The number of likely N-dealkylation sites (tertiary alicyclic amines) is 1. The molecular formula is C23H34N2O. The van der Waals surface area contributed by atoms with Crippen molar-refractivity contribution in [1.82, 2.24) is 10.2 Å². The molecule has 1 spiro atoms. The predicted octanol–water partition coefficient (Wildman–Crippen LogP) is 4.71. The van der Waals surface area contributed by atoms with Crippen molar-refractivity contribution in [2.45, 2.75) is 88.6 Å². The number of nitrogens with one attached hydrogen (secondary N) is 1. The van der Waals surface area contributed by atoms with E-state index in [9.17, 15) is 4.79 Å². The van der Waals surface area contributed by atoms with Gasteiger partial charge in [0, 0.05) is 13.0 Å². The van der Waals surface area contributed by atoms with E-state index >= 15 is 0 Å². The van der Waals surface area contributed by atoms with Gasteiger partial charge >= 0.3 is 0 Å². The molecule has 4 rings (SSSR count). The van der Waals surface area contributed by atoms with Gasteiger partial charge in [0.25, 0.3) is 0 Å². The Morgan fingerprint density at radius 3 is 2.38 bits per heavy atom. The summed E-state index contributed by atoms with van der Waals surface area (Å²) < 4.78 is 0. The maximum absolute atomic E-state index is 11.6. The van der Waals surface area contributed by atoms with E-state index in [-0.39, 0.29) is 11.9 Å². The van der Waals surface area contributed by atoms with Gasteiger partial charge in [0.1, 0.15) is 0 Å². The molecule has 0 unspecified atom stereocenters. The van der Waals surface area contributed by atoms with Crippen molar-refractivity contribution in [2.75, 3.05) is 13.1 Å². The Bertz CT molecular complexity index is 625. The van der Waals surface area contributed by atoms with Gasteiger partial charge in [-0.15, -0.1) is 0 Å². The molecule has 1 amide bonds. The maximum atomic E-state index is 11.6. The zero-order valence-corrected chi connectivity index (χ0v) is 16.3. The van der Waals surface area contributed by atoms with Gasteiger partial charge in [-0.3, -0.25) is 4.79 Å². The molecule has 142 valence electrons. The van der Waals surface area contributed by atoms with E-state index in [2.05, 4.69) is 34.5 Å². The highest BCUT2D eigenvalue weighted by atomic mass is 16.1. The highest BCUT2D eigenvalue weighted by Crippen LogP contribution is 2.48. The SMILES string of the molecule is CC(=O)N[C@H]1CCC2(CCN(C3CCCCCC3)CC2)c2ccccc21. The van der Waals surface area contributed by atoms with Gasteiger partial charge < -0.3 is 10.2 Å². The Kier molecular flexibility index (Phi) is 5.35. The molecule has 1 saturated carbocycles. The lowest BCUT2D eigenvalue weighted by atomic mass is 9.63. The van der Waals surface area contributed by atoms with Gasteiger partial charge in [-0.1, -0.05) is 49.9 Å². The fourth-order valence-electron chi connectivity index (χ4n) is 5.85. The molecular weight excluding hydrogens is 320 g/mol. The molecule has 2 aliphatic carbocycles. The molecule has 26 heavy (non-hydrogen) atoms. The first-order valence-corrected chi connectivity index (χ1v) is 10.8. The third kappa shape index (κ3) is 3.55. The number of hydrogen-bond acceptors (Lipinski definition) is 2. The lowest BCUT2D eigenvalue weighted by Gasteiger charge is -2.48. The van der Waals surface area contributed by atoms with Gasteiger partial charge in [0.15, 0.2) is 0 Å². The summed E-state index contributed by atoms with van der Waals surface area (Å²) in [5, 5.41) is 3.18. The van der Waals surface area contributed by atoms with E-state index in [1.165, 1.54) is 82.0 Å². The van der Waals surface area contributed by atoms with Crippen molar-refractivity contribution in [3.05, 3.63) is 35.4 Å². The van der Waals surface area contributed by atoms with Gasteiger partial charge in [0.05, 0.1) is 6.04 Å². The number of benzene rings is 1. The maximum Gasteiger partial charge on any atom is 0.217 e. The van der Waals surface area contributed by atoms with Crippen LogP contribution in [-0.2, 0) is 10.2 Å². The Labute approximate surface area is 158 Å². The molecule has 0 radical (unpaired) electrons. The quantitative estimate of drug-likeness (QED) is 0.780. The molecule has 0 aromatic heterocycles. The fourth-order valence-corrected chi connectivity index (χ4v) is 5.85. The molecule has 3 heteroatoms. The lowest BCUT2D eigenvalue weighted by Crippen LogP contribution is -2.49. The monoisotopic (exact) mass is 354 g/mol. The molecule has 1 aromatic rings. The van der Waals surface area contributed by atoms with Crippen LogP contribution in [0, 0.1) is 0 Å². The minimum Gasteiger partial charge on any atom is -0.350 e. The highest BCUT2D eigenvalue weighted by Gasteiger charge is 2.42. The van der Waals surface area contributed by atoms with Crippen molar-refractivity contribution in [1.29, 1.82) is 0 Å². The van der Waals surface area contributed by atoms with Gasteiger partial charge in [-0.25, -0.2) is 0 Å². The van der Waals surface area contributed by atoms with E-state index in [1.807, 2.05) is 0 Å². The van der Waals surface area contributed by atoms with Crippen LogP contribution in [0.3, 0.4) is 0 Å². The fraction of sp³-hybridized carbons (Fsp3) is 0.696. The first kappa shape index (κ1) is 18.0. The average molecular weight is 355 g/mol. The Morgan fingerprint density at radius 1 is 1.00 bits per heavy atom. The van der Waals surface area contributed by atoms with E-state index in [4.69, 9.17) is 0 Å². The van der Waals surface area contributed by atoms with Crippen LogP contribution < -0.4 is 5.32 Å². The smallest absolute Gasteiger partial charge is 0.217 e. The van der Waals surface area contributed by atoms with E-state index in [1.54, 1.807) is 6.92 Å². The average Bonchev–Trinajstić information content (AvgIpc) is 2.94. The van der Waals surface area contributed by atoms with Crippen LogP contribution in [0.1, 0.15) is 88.3 Å². The Hall–Kier alpha value is -1.35. The van der Waals surface area contributed by atoms with Crippen LogP contribution in [0.2, 0.25) is 0 Å². The number of amides is 1. The number of fused-ring (bicyclic) bond motifs is 2. The molecule has 1 N–H and O–H groups in total. The summed E-state index contributed by atoms with van der Waals surface area (Å²) in [5.74, 6) is 0.0870. The Morgan fingerprint density at radius 2 is 1.69 bits per heavy atom. The molecule has 0 bridgehead atoms. The Balaban J connectivity index is 1.50. The second-order valence-electron chi connectivity index (χ2n) is 8.84.